The SMILES string of the molecule is CCC(CCO)NC1CCc2c(Br)cccc21. The van der Waals surface area contributed by atoms with Gasteiger partial charge in [-0.15, -0.1) is 0 Å². The van der Waals surface area contributed by atoms with Crippen molar-refractivity contribution in [3.05, 3.63) is 33.8 Å². The molecule has 0 fully saturated rings. The number of halogens is 1. The van der Waals surface area contributed by atoms with Gasteiger partial charge in [0, 0.05) is 23.2 Å². The summed E-state index contributed by atoms with van der Waals surface area (Å²) in [6, 6.07) is 7.33. The molecule has 1 aromatic rings. The quantitative estimate of drug-likeness (QED) is 0.875. The van der Waals surface area contributed by atoms with E-state index in [1.165, 1.54) is 22.0 Å². The molecule has 0 spiro atoms. The van der Waals surface area contributed by atoms with Gasteiger partial charge in [0.1, 0.15) is 0 Å². The number of benzene rings is 1. The van der Waals surface area contributed by atoms with Gasteiger partial charge in [-0.25, -0.2) is 0 Å². The lowest BCUT2D eigenvalue weighted by Gasteiger charge is -2.22. The predicted molar refractivity (Wildman–Crippen MR) is 74.1 cm³/mol. The molecule has 2 rings (SSSR count). The zero-order valence-corrected chi connectivity index (χ0v) is 11.8. The summed E-state index contributed by atoms with van der Waals surface area (Å²) in [7, 11) is 0. The van der Waals surface area contributed by atoms with Gasteiger partial charge < -0.3 is 10.4 Å². The summed E-state index contributed by atoms with van der Waals surface area (Å²) >= 11 is 3.62. The molecule has 0 amide bonds. The Balaban J connectivity index is 2.09. The minimum absolute atomic E-state index is 0.267. The summed E-state index contributed by atoms with van der Waals surface area (Å²) in [5.41, 5.74) is 2.87. The van der Waals surface area contributed by atoms with Crippen LogP contribution in [0.15, 0.2) is 22.7 Å². The third-order valence-corrected chi connectivity index (χ3v) is 4.36. The highest BCUT2D eigenvalue weighted by Gasteiger charge is 2.25. The van der Waals surface area contributed by atoms with Crippen LogP contribution in [0.25, 0.3) is 0 Å². The standard InChI is InChI=1S/C14H20BrNO/c1-2-10(8-9-17)16-14-7-6-11-12(14)4-3-5-13(11)15/h3-5,10,14,16-17H,2,6-9H2,1H3. The van der Waals surface area contributed by atoms with Crippen LogP contribution in [0.5, 0.6) is 0 Å². The van der Waals surface area contributed by atoms with Crippen molar-refractivity contribution in [1.82, 2.24) is 5.32 Å². The molecule has 1 aliphatic rings. The van der Waals surface area contributed by atoms with Gasteiger partial charge >= 0.3 is 0 Å². The van der Waals surface area contributed by atoms with Crippen LogP contribution >= 0.6 is 15.9 Å². The van der Waals surface area contributed by atoms with Gasteiger partial charge in [0.25, 0.3) is 0 Å². The number of aliphatic hydroxyl groups is 1. The van der Waals surface area contributed by atoms with E-state index in [1.807, 2.05) is 0 Å². The third kappa shape index (κ3) is 2.90. The Morgan fingerprint density at radius 3 is 3.06 bits per heavy atom. The molecule has 17 heavy (non-hydrogen) atoms. The van der Waals surface area contributed by atoms with Crippen LogP contribution in [0.1, 0.15) is 43.4 Å². The van der Waals surface area contributed by atoms with Gasteiger partial charge in [0.05, 0.1) is 0 Å². The lowest BCUT2D eigenvalue weighted by atomic mass is 10.1. The van der Waals surface area contributed by atoms with E-state index in [9.17, 15) is 0 Å². The van der Waals surface area contributed by atoms with Crippen molar-refractivity contribution >= 4 is 15.9 Å². The Hall–Kier alpha value is -0.380. The largest absolute Gasteiger partial charge is 0.396 e. The smallest absolute Gasteiger partial charge is 0.0445 e. The van der Waals surface area contributed by atoms with E-state index in [0.29, 0.717) is 12.1 Å². The zero-order valence-electron chi connectivity index (χ0n) is 10.2. The van der Waals surface area contributed by atoms with Crippen molar-refractivity contribution in [2.75, 3.05) is 6.61 Å². The average molecular weight is 298 g/mol. The first-order valence-corrected chi connectivity index (χ1v) is 7.19. The van der Waals surface area contributed by atoms with E-state index in [4.69, 9.17) is 5.11 Å². The van der Waals surface area contributed by atoms with Crippen molar-refractivity contribution in [3.8, 4) is 0 Å². The Morgan fingerprint density at radius 1 is 1.53 bits per heavy atom. The fourth-order valence-corrected chi connectivity index (χ4v) is 3.21. The van der Waals surface area contributed by atoms with Gasteiger partial charge in [0.2, 0.25) is 0 Å². The predicted octanol–water partition coefficient (Wildman–Crippen LogP) is 3.19. The highest BCUT2D eigenvalue weighted by atomic mass is 79.9. The molecule has 1 aromatic carbocycles. The Kier molecular flexibility index (Phi) is 4.60. The molecule has 94 valence electrons. The molecule has 2 N–H and O–H groups in total. The molecular formula is C14H20BrNO. The van der Waals surface area contributed by atoms with Crippen molar-refractivity contribution in [1.29, 1.82) is 0 Å². The number of nitrogens with one attached hydrogen (secondary N) is 1. The summed E-state index contributed by atoms with van der Waals surface area (Å²) < 4.78 is 1.23. The molecule has 0 saturated heterocycles. The lowest BCUT2D eigenvalue weighted by Crippen LogP contribution is -2.32. The molecule has 3 heteroatoms. The van der Waals surface area contributed by atoms with Crippen LogP contribution in [0, 0.1) is 0 Å². The van der Waals surface area contributed by atoms with E-state index in [-0.39, 0.29) is 6.61 Å². The van der Waals surface area contributed by atoms with Gasteiger partial charge in [-0.3, -0.25) is 0 Å². The lowest BCUT2D eigenvalue weighted by molar-refractivity contribution is 0.255. The summed E-state index contributed by atoms with van der Waals surface area (Å²) in [6.07, 6.45) is 4.22. The second-order valence-electron chi connectivity index (χ2n) is 4.68. The molecule has 0 saturated carbocycles. The average Bonchev–Trinajstić information content (AvgIpc) is 2.73. The number of fused-ring (bicyclic) bond motifs is 1. The fraction of sp³-hybridized carbons (Fsp3) is 0.571. The van der Waals surface area contributed by atoms with Crippen LogP contribution in [-0.2, 0) is 6.42 Å². The minimum atomic E-state index is 0.267. The van der Waals surface area contributed by atoms with Crippen LogP contribution < -0.4 is 5.32 Å². The minimum Gasteiger partial charge on any atom is -0.396 e. The molecule has 0 aromatic heterocycles. The van der Waals surface area contributed by atoms with Crippen LogP contribution in [-0.4, -0.2) is 17.8 Å². The maximum atomic E-state index is 9.03. The van der Waals surface area contributed by atoms with E-state index in [1.54, 1.807) is 0 Å². The molecule has 0 heterocycles. The van der Waals surface area contributed by atoms with E-state index in [0.717, 1.165) is 19.3 Å². The summed E-state index contributed by atoms with van der Waals surface area (Å²) in [4.78, 5) is 0. The molecule has 0 radical (unpaired) electrons. The molecule has 2 unspecified atom stereocenters. The van der Waals surface area contributed by atoms with Crippen molar-refractivity contribution < 1.29 is 5.11 Å². The van der Waals surface area contributed by atoms with Crippen molar-refractivity contribution in [2.24, 2.45) is 0 Å². The number of hydrogen-bond donors (Lipinski definition) is 2. The first-order valence-electron chi connectivity index (χ1n) is 6.40. The van der Waals surface area contributed by atoms with Crippen molar-refractivity contribution in [2.45, 2.75) is 44.7 Å². The second kappa shape index (κ2) is 5.98. The van der Waals surface area contributed by atoms with E-state index in [2.05, 4.69) is 46.4 Å². The Bertz CT molecular complexity index is 380. The molecule has 0 aliphatic heterocycles. The number of rotatable bonds is 5. The Morgan fingerprint density at radius 2 is 2.35 bits per heavy atom. The molecule has 1 aliphatic carbocycles. The van der Waals surface area contributed by atoms with Crippen LogP contribution in [0.4, 0.5) is 0 Å². The monoisotopic (exact) mass is 297 g/mol. The molecule has 2 nitrogen and oxygen atoms in total. The van der Waals surface area contributed by atoms with Crippen LogP contribution in [0.2, 0.25) is 0 Å². The maximum Gasteiger partial charge on any atom is 0.0445 e. The van der Waals surface area contributed by atoms with Gasteiger partial charge in [-0.1, -0.05) is 35.0 Å². The summed E-state index contributed by atoms with van der Waals surface area (Å²) in [6.45, 7) is 2.44. The van der Waals surface area contributed by atoms with Crippen LogP contribution in [0.3, 0.4) is 0 Å². The summed E-state index contributed by atoms with van der Waals surface area (Å²) in [5, 5.41) is 12.7. The van der Waals surface area contributed by atoms with Gasteiger partial charge in [-0.2, -0.15) is 0 Å². The normalized spacial score (nSPS) is 20.3. The number of aliphatic hydroxyl groups excluding tert-OH is 1. The highest BCUT2D eigenvalue weighted by Crippen LogP contribution is 2.36. The third-order valence-electron chi connectivity index (χ3n) is 3.62. The number of hydrogen-bond acceptors (Lipinski definition) is 2. The van der Waals surface area contributed by atoms with E-state index < -0.39 is 0 Å². The molecule has 0 bridgehead atoms. The maximum absolute atomic E-state index is 9.03. The summed E-state index contributed by atoms with van der Waals surface area (Å²) in [5.74, 6) is 0. The van der Waals surface area contributed by atoms with Crippen molar-refractivity contribution in [3.63, 3.8) is 0 Å². The topological polar surface area (TPSA) is 32.3 Å². The first kappa shape index (κ1) is 13.1. The van der Waals surface area contributed by atoms with E-state index >= 15 is 0 Å². The van der Waals surface area contributed by atoms with Gasteiger partial charge in [0.15, 0.2) is 0 Å². The Labute approximate surface area is 112 Å². The molecular weight excluding hydrogens is 278 g/mol. The van der Waals surface area contributed by atoms with Gasteiger partial charge in [-0.05, 0) is 42.9 Å². The highest BCUT2D eigenvalue weighted by molar-refractivity contribution is 9.10. The second-order valence-corrected chi connectivity index (χ2v) is 5.54. The zero-order chi connectivity index (χ0) is 12.3. The first-order chi connectivity index (χ1) is 8.26. The fourth-order valence-electron chi connectivity index (χ4n) is 2.63. The molecule has 2 atom stereocenters.